The second-order valence-corrected chi connectivity index (χ2v) is 10.2. The summed E-state index contributed by atoms with van der Waals surface area (Å²) in [5.41, 5.74) is 1.40. The molecule has 2 aliphatic rings. The van der Waals surface area contributed by atoms with Crippen LogP contribution in [-0.2, 0) is 14.6 Å². The molecule has 1 aromatic rings. The van der Waals surface area contributed by atoms with Crippen molar-refractivity contribution >= 4 is 28.2 Å². The molecule has 2 fully saturated rings. The fourth-order valence-electron chi connectivity index (χ4n) is 4.42. The monoisotopic (exact) mass is 414 g/mol. The number of halogens is 1. The number of sulfone groups is 1. The lowest BCUT2D eigenvalue weighted by Crippen LogP contribution is -2.57. The molecule has 5 nitrogen and oxygen atoms in total. The van der Waals surface area contributed by atoms with Gasteiger partial charge in [-0.2, -0.15) is 0 Å². The van der Waals surface area contributed by atoms with Crippen LogP contribution >= 0.6 is 12.4 Å². The highest BCUT2D eigenvalue weighted by molar-refractivity contribution is 7.92. The van der Waals surface area contributed by atoms with Crippen molar-refractivity contribution < 1.29 is 13.2 Å². The third-order valence-electron chi connectivity index (χ3n) is 6.20. The van der Waals surface area contributed by atoms with E-state index in [0.717, 1.165) is 25.7 Å². The number of carbonyl (C=O) groups excluding carboxylic acids is 1. The van der Waals surface area contributed by atoms with Gasteiger partial charge in [0.15, 0.2) is 14.6 Å². The lowest BCUT2D eigenvalue weighted by molar-refractivity contribution is -0.124. The smallest absolute Gasteiger partial charge is 0.241 e. The van der Waals surface area contributed by atoms with Gasteiger partial charge in [-0.1, -0.05) is 30.3 Å². The fourth-order valence-corrected chi connectivity index (χ4v) is 5.77. The Morgan fingerprint density at radius 2 is 1.70 bits per heavy atom. The summed E-state index contributed by atoms with van der Waals surface area (Å²) in [6.45, 7) is 1.73. The minimum Gasteiger partial charge on any atom is -0.354 e. The number of benzene rings is 1. The molecule has 0 spiro atoms. The molecule has 27 heavy (non-hydrogen) atoms. The highest BCUT2D eigenvalue weighted by atomic mass is 35.5. The molecule has 1 aliphatic carbocycles. The Bertz CT molecular complexity index is 710. The van der Waals surface area contributed by atoms with Gasteiger partial charge in [-0.05, 0) is 69.0 Å². The van der Waals surface area contributed by atoms with Gasteiger partial charge in [0.2, 0.25) is 5.91 Å². The van der Waals surface area contributed by atoms with Crippen molar-refractivity contribution in [1.29, 1.82) is 0 Å². The van der Waals surface area contributed by atoms with Crippen LogP contribution in [-0.4, -0.2) is 45.0 Å². The van der Waals surface area contributed by atoms with E-state index in [-0.39, 0.29) is 18.3 Å². The van der Waals surface area contributed by atoms with Gasteiger partial charge < -0.3 is 10.6 Å². The summed E-state index contributed by atoms with van der Waals surface area (Å²) in [5, 5.41) is 6.13. The van der Waals surface area contributed by atoms with Gasteiger partial charge in [0.1, 0.15) is 0 Å². The maximum atomic E-state index is 12.8. The first kappa shape index (κ1) is 22.2. The zero-order chi connectivity index (χ0) is 18.6. The Kier molecular flexibility index (Phi) is 7.72. The van der Waals surface area contributed by atoms with Crippen LogP contribution in [0.15, 0.2) is 30.3 Å². The van der Waals surface area contributed by atoms with E-state index in [2.05, 4.69) is 34.9 Å². The Balaban J connectivity index is 0.00000261. The number of amides is 1. The molecule has 1 aliphatic heterocycles. The number of hydrogen-bond acceptors (Lipinski definition) is 4. The summed E-state index contributed by atoms with van der Waals surface area (Å²) in [4.78, 5) is 12.8. The standard InChI is InChI=1S/C20H30N2O3S.ClH/c1-26(24,25)20(11-13-21-14-12-20)19(23)22-15-16-7-9-18(10-8-16)17-5-3-2-4-6-17;/h2-6,16,18,21H,7-15H2,1H3,(H,22,23);1H. The van der Waals surface area contributed by atoms with Gasteiger partial charge >= 0.3 is 0 Å². The molecule has 0 aromatic heterocycles. The first-order chi connectivity index (χ1) is 12.4. The average Bonchev–Trinajstić information content (AvgIpc) is 2.67. The van der Waals surface area contributed by atoms with Crippen LogP contribution in [0, 0.1) is 5.92 Å². The van der Waals surface area contributed by atoms with Crippen LogP contribution in [0.1, 0.15) is 50.0 Å². The third-order valence-corrected chi connectivity index (χ3v) is 8.22. The zero-order valence-corrected chi connectivity index (χ0v) is 17.6. The number of rotatable bonds is 5. The van der Waals surface area contributed by atoms with Crippen LogP contribution in [0.3, 0.4) is 0 Å². The minimum atomic E-state index is -3.44. The second kappa shape index (κ2) is 9.39. The van der Waals surface area contributed by atoms with E-state index in [1.54, 1.807) is 0 Å². The predicted molar refractivity (Wildman–Crippen MR) is 111 cm³/mol. The highest BCUT2D eigenvalue weighted by Crippen LogP contribution is 2.35. The molecule has 152 valence electrons. The van der Waals surface area contributed by atoms with Crippen molar-refractivity contribution in [1.82, 2.24) is 10.6 Å². The zero-order valence-electron chi connectivity index (χ0n) is 15.9. The predicted octanol–water partition coefficient (Wildman–Crippen LogP) is 2.67. The fraction of sp³-hybridized carbons (Fsp3) is 0.650. The van der Waals surface area contributed by atoms with Gasteiger partial charge in [0.25, 0.3) is 0 Å². The maximum absolute atomic E-state index is 12.8. The molecule has 0 bridgehead atoms. The summed E-state index contributed by atoms with van der Waals surface area (Å²) >= 11 is 0. The molecular weight excluding hydrogens is 384 g/mol. The van der Waals surface area contributed by atoms with Crippen LogP contribution in [0.25, 0.3) is 0 Å². The Hall–Kier alpha value is -1.11. The molecule has 1 heterocycles. The molecular formula is C20H31ClN2O3S. The first-order valence-electron chi connectivity index (χ1n) is 9.66. The van der Waals surface area contributed by atoms with Crippen molar-refractivity contribution in [2.45, 2.75) is 49.2 Å². The summed E-state index contributed by atoms with van der Waals surface area (Å²) in [5.74, 6) is 0.749. The number of piperidine rings is 1. The number of hydrogen-bond donors (Lipinski definition) is 2. The highest BCUT2D eigenvalue weighted by Gasteiger charge is 2.48. The van der Waals surface area contributed by atoms with Crippen LogP contribution < -0.4 is 10.6 Å². The van der Waals surface area contributed by atoms with Gasteiger partial charge in [0, 0.05) is 12.8 Å². The van der Waals surface area contributed by atoms with Gasteiger partial charge in [-0.3, -0.25) is 4.79 Å². The summed E-state index contributed by atoms with van der Waals surface area (Å²) in [7, 11) is -3.44. The van der Waals surface area contributed by atoms with Crippen molar-refractivity contribution in [2.75, 3.05) is 25.9 Å². The Labute approximate surface area is 169 Å². The SMILES string of the molecule is CS(=O)(=O)C1(C(=O)NCC2CCC(c3ccccc3)CC2)CCNCC1.Cl. The molecule has 1 amide bonds. The summed E-state index contributed by atoms with van der Waals surface area (Å²) < 4.78 is 23.4. The Morgan fingerprint density at radius 3 is 2.26 bits per heavy atom. The van der Waals surface area contributed by atoms with E-state index in [1.165, 1.54) is 11.8 Å². The van der Waals surface area contributed by atoms with E-state index in [0.29, 0.717) is 44.3 Å². The van der Waals surface area contributed by atoms with Crippen LogP contribution in [0.2, 0.25) is 0 Å². The normalized spacial score (nSPS) is 25.2. The van der Waals surface area contributed by atoms with E-state index in [1.807, 2.05) is 6.07 Å². The molecule has 2 N–H and O–H groups in total. The molecule has 7 heteroatoms. The van der Waals surface area contributed by atoms with E-state index in [4.69, 9.17) is 0 Å². The van der Waals surface area contributed by atoms with Crippen LogP contribution in [0.4, 0.5) is 0 Å². The van der Waals surface area contributed by atoms with E-state index >= 15 is 0 Å². The summed E-state index contributed by atoms with van der Waals surface area (Å²) in [6, 6.07) is 10.6. The quantitative estimate of drug-likeness (QED) is 0.776. The molecule has 3 rings (SSSR count). The third kappa shape index (κ3) is 5.04. The molecule has 1 saturated heterocycles. The van der Waals surface area contributed by atoms with Crippen molar-refractivity contribution in [2.24, 2.45) is 5.92 Å². The lowest BCUT2D eigenvalue weighted by Gasteiger charge is -2.35. The van der Waals surface area contributed by atoms with Gasteiger partial charge in [-0.15, -0.1) is 12.4 Å². The van der Waals surface area contributed by atoms with Gasteiger partial charge in [-0.25, -0.2) is 8.42 Å². The van der Waals surface area contributed by atoms with E-state index in [9.17, 15) is 13.2 Å². The average molecular weight is 415 g/mol. The molecule has 0 radical (unpaired) electrons. The lowest BCUT2D eigenvalue weighted by atomic mass is 9.78. The first-order valence-corrected chi connectivity index (χ1v) is 11.5. The molecule has 1 saturated carbocycles. The molecule has 0 atom stereocenters. The van der Waals surface area contributed by atoms with E-state index < -0.39 is 14.6 Å². The van der Waals surface area contributed by atoms with Crippen molar-refractivity contribution in [3.05, 3.63) is 35.9 Å². The Morgan fingerprint density at radius 1 is 1.11 bits per heavy atom. The van der Waals surface area contributed by atoms with Crippen molar-refractivity contribution in [3.63, 3.8) is 0 Å². The second-order valence-electron chi connectivity index (χ2n) is 7.85. The maximum Gasteiger partial charge on any atom is 0.241 e. The number of carbonyl (C=O) groups is 1. The minimum absolute atomic E-state index is 0. The molecule has 1 aromatic carbocycles. The topological polar surface area (TPSA) is 75.3 Å². The van der Waals surface area contributed by atoms with Gasteiger partial charge in [0.05, 0.1) is 0 Å². The van der Waals surface area contributed by atoms with Crippen LogP contribution in [0.5, 0.6) is 0 Å². The number of nitrogens with one attached hydrogen (secondary N) is 2. The summed E-state index contributed by atoms with van der Waals surface area (Å²) in [6.07, 6.45) is 6.33. The largest absolute Gasteiger partial charge is 0.354 e. The molecule has 0 unspecified atom stereocenters. The van der Waals surface area contributed by atoms with Crippen molar-refractivity contribution in [3.8, 4) is 0 Å².